The van der Waals surface area contributed by atoms with E-state index in [0.717, 1.165) is 0 Å². The van der Waals surface area contributed by atoms with E-state index >= 15 is 0 Å². The molecule has 1 aromatic rings. The van der Waals surface area contributed by atoms with E-state index in [1.54, 1.807) is 0 Å². The molecule has 1 fully saturated rings. The van der Waals surface area contributed by atoms with Gasteiger partial charge in [-0.25, -0.2) is 0 Å². The van der Waals surface area contributed by atoms with Gasteiger partial charge in [0.25, 0.3) is 0 Å². The van der Waals surface area contributed by atoms with Crippen molar-refractivity contribution in [1.82, 2.24) is 0 Å². The molecule has 1 unspecified atom stereocenters. The second kappa shape index (κ2) is 3.95. The molecule has 0 aromatic heterocycles. The Morgan fingerprint density at radius 3 is 2.47 bits per heavy atom. The molecule has 0 radical (unpaired) electrons. The van der Waals surface area contributed by atoms with Gasteiger partial charge in [-0.05, 0) is 37.4 Å². The van der Waals surface area contributed by atoms with Crippen molar-refractivity contribution in [3.8, 4) is 0 Å². The van der Waals surface area contributed by atoms with Gasteiger partial charge in [-0.15, -0.1) is 0 Å². The van der Waals surface area contributed by atoms with Crippen molar-refractivity contribution in [1.29, 1.82) is 0 Å². The van der Waals surface area contributed by atoms with Gasteiger partial charge in [-0.1, -0.05) is 30.7 Å². The summed E-state index contributed by atoms with van der Waals surface area (Å²) in [6, 6.07) is 8.48. The topological polar surface area (TPSA) is 52.0 Å². The molecule has 4 N–H and O–H groups in total. The highest BCUT2D eigenvalue weighted by Crippen LogP contribution is 2.48. The molecule has 1 saturated carbocycles. The predicted octanol–water partition coefficient (Wildman–Crippen LogP) is 2.12. The Hall–Kier alpha value is -0.860. The van der Waals surface area contributed by atoms with Crippen LogP contribution in [0.3, 0.4) is 0 Å². The first-order chi connectivity index (χ1) is 7.19. The first-order valence-corrected chi connectivity index (χ1v) is 5.71. The molecule has 1 atom stereocenters. The number of aryl methyl sites for hydroxylation is 1. The van der Waals surface area contributed by atoms with Crippen LogP contribution in [0.5, 0.6) is 0 Å². The molecule has 0 bridgehead atoms. The summed E-state index contributed by atoms with van der Waals surface area (Å²) in [7, 11) is 0. The van der Waals surface area contributed by atoms with E-state index in [2.05, 4.69) is 31.2 Å². The van der Waals surface area contributed by atoms with Gasteiger partial charge in [-0.3, -0.25) is 0 Å². The van der Waals surface area contributed by atoms with E-state index in [4.69, 9.17) is 11.5 Å². The molecule has 0 aliphatic heterocycles. The van der Waals surface area contributed by atoms with Crippen LogP contribution in [0.1, 0.15) is 36.4 Å². The van der Waals surface area contributed by atoms with Crippen molar-refractivity contribution in [3.05, 3.63) is 35.4 Å². The summed E-state index contributed by atoms with van der Waals surface area (Å²) in [5.74, 6) is 0. The van der Waals surface area contributed by atoms with Gasteiger partial charge in [-0.2, -0.15) is 0 Å². The monoisotopic (exact) mass is 204 g/mol. The molecule has 2 nitrogen and oxygen atoms in total. The minimum absolute atomic E-state index is 0.109. The highest BCUT2D eigenvalue weighted by molar-refractivity contribution is 5.30. The molecule has 82 valence electrons. The van der Waals surface area contributed by atoms with Gasteiger partial charge >= 0.3 is 0 Å². The summed E-state index contributed by atoms with van der Waals surface area (Å²) in [6.45, 7) is 2.83. The van der Waals surface area contributed by atoms with E-state index < -0.39 is 0 Å². The van der Waals surface area contributed by atoms with Crippen LogP contribution >= 0.6 is 0 Å². The lowest BCUT2D eigenvalue weighted by molar-refractivity contribution is 0.104. The van der Waals surface area contributed by atoms with Gasteiger partial charge in [0.1, 0.15) is 0 Å². The zero-order valence-corrected chi connectivity index (χ0v) is 9.37. The Balaban J connectivity index is 2.27. The van der Waals surface area contributed by atoms with Crippen LogP contribution in [0.4, 0.5) is 0 Å². The third kappa shape index (κ3) is 1.68. The predicted molar refractivity (Wildman–Crippen MR) is 63.4 cm³/mol. The first kappa shape index (κ1) is 10.7. The van der Waals surface area contributed by atoms with Crippen LogP contribution in [-0.2, 0) is 0 Å². The summed E-state index contributed by atoms with van der Waals surface area (Å²) >= 11 is 0. The molecule has 2 heteroatoms. The fraction of sp³-hybridized carbons (Fsp3) is 0.538. The summed E-state index contributed by atoms with van der Waals surface area (Å²) in [5, 5.41) is 0. The van der Waals surface area contributed by atoms with E-state index in [9.17, 15) is 0 Å². The highest BCUT2D eigenvalue weighted by Gasteiger charge is 2.42. The smallest absolute Gasteiger partial charge is 0.0366 e. The molecular formula is C13H20N2. The minimum atomic E-state index is 0.109. The molecule has 15 heavy (non-hydrogen) atoms. The lowest BCUT2D eigenvalue weighted by atomic mass is 9.62. The zero-order valence-electron chi connectivity index (χ0n) is 9.37. The number of hydrogen-bond acceptors (Lipinski definition) is 2. The van der Waals surface area contributed by atoms with Gasteiger partial charge in [0.2, 0.25) is 0 Å². The number of benzene rings is 1. The molecule has 1 aromatic carbocycles. The molecule has 0 amide bonds. The summed E-state index contributed by atoms with van der Waals surface area (Å²) in [5.41, 5.74) is 15.0. The quantitative estimate of drug-likeness (QED) is 0.792. The van der Waals surface area contributed by atoms with Crippen molar-refractivity contribution in [2.75, 3.05) is 6.54 Å². The van der Waals surface area contributed by atoms with Gasteiger partial charge < -0.3 is 11.5 Å². The molecule has 1 aliphatic carbocycles. The molecular weight excluding hydrogens is 184 g/mol. The summed E-state index contributed by atoms with van der Waals surface area (Å²) < 4.78 is 0. The molecule has 0 heterocycles. The van der Waals surface area contributed by atoms with Gasteiger partial charge in [0, 0.05) is 11.5 Å². The van der Waals surface area contributed by atoms with E-state index in [1.165, 1.54) is 30.4 Å². The summed E-state index contributed by atoms with van der Waals surface area (Å²) in [4.78, 5) is 0. The maximum atomic E-state index is 6.37. The maximum absolute atomic E-state index is 6.37. The lowest BCUT2D eigenvalue weighted by Gasteiger charge is -2.46. The van der Waals surface area contributed by atoms with Crippen LogP contribution in [0.15, 0.2) is 24.3 Å². The second-order valence-electron chi connectivity index (χ2n) is 4.75. The van der Waals surface area contributed by atoms with Crippen molar-refractivity contribution >= 4 is 0 Å². The maximum Gasteiger partial charge on any atom is 0.0366 e. The Kier molecular flexibility index (Phi) is 2.81. The van der Waals surface area contributed by atoms with Crippen LogP contribution < -0.4 is 11.5 Å². The Morgan fingerprint density at radius 1 is 1.33 bits per heavy atom. The minimum Gasteiger partial charge on any atom is -0.330 e. The SMILES string of the molecule is Cc1ccccc1C(N)C1(CN)CCC1. The van der Waals surface area contributed by atoms with E-state index in [0.29, 0.717) is 6.54 Å². The fourth-order valence-electron chi connectivity index (χ4n) is 2.54. The van der Waals surface area contributed by atoms with Crippen LogP contribution in [-0.4, -0.2) is 6.54 Å². The van der Waals surface area contributed by atoms with Crippen molar-refractivity contribution in [3.63, 3.8) is 0 Å². The summed E-state index contributed by atoms with van der Waals surface area (Å²) in [6.07, 6.45) is 3.63. The zero-order chi connectivity index (χ0) is 10.9. The number of rotatable bonds is 3. The van der Waals surface area contributed by atoms with Crippen LogP contribution in [0.2, 0.25) is 0 Å². The van der Waals surface area contributed by atoms with Crippen LogP contribution in [0.25, 0.3) is 0 Å². The Bertz CT molecular complexity index is 337. The van der Waals surface area contributed by atoms with E-state index in [1.807, 2.05) is 0 Å². The lowest BCUT2D eigenvalue weighted by Crippen LogP contribution is -2.46. The van der Waals surface area contributed by atoms with Gasteiger partial charge in [0.15, 0.2) is 0 Å². The first-order valence-electron chi connectivity index (χ1n) is 5.71. The third-order valence-electron chi connectivity index (χ3n) is 3.94. The number of hydrogen-bond donors (Lipinski definition) is 2. The fourth-order valence-corrected chi connectivity index (χ4v) is 2.54. The Labute approximate surface area is 91.7 Å². The van der Waals surface area contributed by atoms with Crippen LogP contribution in [0, 0.1) is 12.3 Å². The molecule has 0 spiro atoms. The molecule has 2 rings (SSSR count). The molecule has 0 saturated heterocycles. The van der Waals surface area contributed by atoms with Gasteiger partial charge in [0.05, 0.1) is 0 Å². The average molecular weight is 204 g/mol. The molecule has 1 aliphatic rings. The second-order valence-corrected chi connectivity index (χ2v) is 4.75. The largest absolute Gasteiger partial charge is 0.330 e. The average Bonchev–Trinajstić information content (AvgIpc) is 2.17. The van der Waals surface area contributed by atoms with Crippen molar-refractivity contribution in [2.24, 2.45) is 16.9 Å². The van der Waals surface area contributed by atoms with E-state index in [-0.39, 0.29) is 11.5 Å². The number of nitrogens with two attached hydrogens (primary N) is 2. The third-order valence-corrected chi connectivity index (χ3v) is 3.94. The standard InChI is InChI=1S/C13H20N2/c1-10-5-2-3-6-11(10)12(15)13(9-14)7-4-8-13/h2-3,5-6,12H,4,7-9,14-15H2,1H3. The van der Waals surface area contributed by atoms with Crippen molar-refractivity contribution < 1.29 is 0 Å². The van der Waals surface area contributed by atoms with Crippen molar-refractivity contribution in [2.45, 2.75) is 32.2 Å². The highest BCUT2D eigenvalue weighted by atomic mass is 14.8. The Morgan fingerprint density at radius 2 is 2.00 bits per heavy atom. The normalized spacial score (nSPS) is 20.7.